The molecule has 0 aromatic heterocycles. The molecule has 0 aliphatic heterocycles. The number of hydrogen-bond donors (Lipinski definition) is 2. The maximum absolute atomic E-state index is 12.5. The molecule has 1 unspecified atom stereocenters. The predicted molar refractivity (Wildman–Crippen MR) is 183 cm³/mol. The van der Waals surface area contributed by atoms with Crippen molar-refractivity contribution in [3.05, 3.63) is 0 Å². The Morgan fingerprint density at radius 2 is 0.956 bits per heavy atom. The number of carbonyl (C=O) groups excluding carboxylic acids is 2. The molecule has 268 valence electrons. The molecule has 0 heterocycles. The fourth-order valence-electron chi connectivity index (χ4n) is 5.22. The van der Waals surface area contributed by atoms with Crippen LogP contribution in [0.15, 0.2) is 0 Å². The average Bonchev–Trinajstić information content (AvgIpc) is 3.02. The van der Waals surface area contributed by atoms with Crippen molar-refractivity contribution in [3.63, 3.8) is 0 Å². The molecule has 0 fully saturated rings. The fraction of sp³-hybridized carbons (Fsp3) is 0.943. The normalized spacial score (nSPS) is 13.4. The first-order chi connectivity index (χ1) is 21.8. The van der Waals surface area contributed by atoms with Crippen LogP contribution in [0, 0.1) is 0 Å². The number of carbonyl (C=O) groups is 2. The van der Waals surface area contributed by atoms with Crippen molar-refractivity contribution in [2.24, 2.45) is 5.73 Å². The molecule has 3 N–H and O–H groups in total. The van der Waals surface area contributed by atoms with Crippen LogP contribution in [0.3, 0.4) is 0 Å². The van der Waals surface area contributed by atoms with Crippen LogP contribution >= 0.6 is 7.82 Å². The topological polar surface area (TPSA) is 134 Å². The van der Waals surface area contributed by atoms with Gasteiger partial charge in [0, 0.05) is 19.4 Å². The third-order valence-corrected chi connectivity index (χ3v) is 8.98. The van der Waals surface area contributed by atoms with Gasteiger partial charge >= 0.3 is 19.8 Å². The third kappa shape index (κ3) is 32.7. The SMILES string of the molecule is CCCCCCCCCCCCCCCCCC(=O)O[C@H](COC(=O)CCCCCCCCCCC)COP(=O)(O)OCCN. The lowest BCUT2D eigenvalue weighted by Gasteiger charge is -2.19. The Morgan fingerprint density at radius 1 is 0.578 bits per heavy atom. The minimum Gasteiger partial charge on any atom is -0.462 e. The van der Waals surface area contributed by atoms with E-state index in [0.29, 0.717) is 6.42 Å². The van der Waals surface area contributed by atoms with E-state index in [1.54, 1.807) is 0 Å². The minimum atomic E-state index is -4.36. The van der Waals surface area contributed by atoms with Gasteiger partial charge in [-0.3, -0.25) is 18.6 Å². The monoisotopic (exact) mass is 663 g/mol. The zero-order valence-electron chi connectivity index (χ0n) is 29.1. The van der Waals surface area contributed by atoms with Crippen LogP contribution in [0.25, 0.3) is 0 Å². The lowest BCUT2D eigenvalue weighted by atomic mass is 10.0. The summed E-state index contributed by atoms with van der Waals surface area (Å²) >= 11 is 0. The summed E-state index contributed by atoms with van der Waals surface area (Å²) in [6.07, 6.45) is 28.5. The van der Waals surface area contributed by atoms with Crippen molar-refractivity contribution in [3.8, 4) is 0 Å². The van der Waals surface area contributed by atoms with E-state index in [-0.39, 0.29) is 38.6 Å². The van der Waals surface area contributed by atoms with Gasteiger partial charge in [0.05, 0.1) is 13.2 Å². The van der Waals surface area contributed by atoms with Crippen LogP contribution < -0.4 is 5.73 Å². The number of phosphoric ester groups is 1. The first-order valence-corrected chi connectivity index (χ1v) is 20.0. The van der Waals surface area contributed by atoms with Crippen LogP contribution in [0.1, 0.15) is 181 Å². The summed E-state index contributed by atoms with van der Waals surface area (Å²) < 4.78 is 32.6. The Morgan fingerprint density at radius 3 is 1.36 bits per heavy atom. The minimum absolute atomic E-state index is 0.0576. The first kappa shape index (κ1) is 44.0. The average molecular weight is 664 g/mol. The van der Waals surface area contributed by atoms with Crippen molar-refractivity contribution >= 4 is 19.8 Å². The Hall–Kier alpha value is -0.990. The molecule has 0 spiro atoms. The highest BCUT2D eigenvalue weighted by atomic mass is 31.2. The molecule has 0 bridgehead atoms. The van der Waals surface area contributed by atoms with Gasteiger partial charge in [-0.2, -0.15) is 0 Å². The zero-order valence-corrected chi connectivity index (χ0v) is 30.0. The summed E-state index contributed by atoms with van der Waals surface area (Å²) in [7, 11) is -4.36. The summed E-state index contributed by atoms with van der Waals surface area (Å²) in [4.78, 5) is 34.6. The standard InChI is InChI=1S/C35H70NO8P/c1-3-5-7-9-11-13-14-15-16-17-18-20-22-24-26-28-35(38)44-33(32-43-45(39,40)42-30-29-36)31-41-34(37)27-25-23-21-19-12-10-8-6-4-2/h33H,3-32,36H2,1-2H3,(H,39,40)/t33-/m1/s1. The van der Waals surface area contributed by atoms with Crippen molar-refractivity contribution in [2.75, 3.05) is 26.4 Å². The molecule has 0 aliphatic rings. The molecule has 0 rings (SSSR count). The molecule has 0 amide bonds. The highest BCUT2D eigenvalue weighted by Gasteiger charge is 2.25. The lowest BCUT2D eigenvalue weighted by Crippen LogP contribution is -2.29. The Bertz CT molecular complexity index is 724. The highest BCUT2D eigenvalue weighted by molar-refractivity contribution is 7.47. The van der Waals surface area contributed by atoms with Gasteiger partial charge in [0.25, 0.3) is 0 Å². The molecule has 0 aliphatic carbocycles. The molecular weight excluding hydrogens is 593 g/mol. The number of phosphoric acid groups is 1. The second-order valence-corrected chi connectivity index (χ2v) is 13.9. The largest absolute Gasteiger partial charge is 0.472 e. The molecule has 9 nitrogen and oxygen atoms in total. The molecule has 2 atom stereocenters. The molecular formula is C35H70NO8P. The maximum Gasteiger partial charge on any atom is 0.472 e. The van der Waals surface area contributed by atoms with Crippen molar-refractivity contribution in [1.29, 1.82) is 0 Å². The quantitative estimate of drug-likeness (QED) is 0.0386. The summed E-state index contributed by atoms with van der Waals surface area (Å²) in [6.45, 7) is 3.72. The van der Waals surface area contributed by atoms with Crippen LogP contribution in [-0.4, -0.2) is 49.3 Å². The number of esters is 2. The van der Waals surface area contributed by atoms with Crippen molar-refractivity contribution < 1.29 is 37.6 Å². The second kappa shape index (κ2) is 32.9. The molecule has 0 saturated heterocycles. The van der Waals surface area contributed by atoms with E-state index in [9.17, 15) is 19.0 Å². The Kier molecular flexibility index (Phi) is 32.2. The van der Waals surface area contributed by atoms with E-state index < -0.39 is 26.5 Å². The summed E-state index contributed by atoms with van der Waals surface area (Å²) in [6, 6.07) is 0. The van der Waals surface area contributed by atoms with Gasteiger partial charge in [-0.1, -0.05) is 155 Å². The number of nitrogens with two attached hydrogens (primary N) is 1. The summed E-state index contributed by atoms with van der Waals surface area (Å²) in [5.74, 6) is -0.822. The third-order valence-electron chi connectivity index (χ3n) is 7.99. The van der Waals surface area contributed by atoms with Crippen LogP contribution in [-0.2, 0) is 32.7 Å². The van der Waals surface area contributed by atoms with E-state index >= 15 is 0 Å². The second-order valence-electron chi connectivity index (χ2n) is 12.5. The smallest absolute Gasteiger partial charge is 0.462 e. The summed E-state index contributed by atoms with van der Waals surface area (Å²) in [5, 5.41) is 0. The van der Waals surface area contributed by atoms with Gasteiger partial charge in [-0.25, -0.2) is 4.57 Å². The van der Waals surface area contributed by atoms with Gasteiger partial charge in [-0.15, -0.1) is 0 Å². The van der Waals surface area contributed by atoms with Gasteiger partial charge in [-0.05, 0) is 12.8 Å². The first-order valence-electron chi connectivity index (χ1n) is 18.5. The Labute approximate surface area is 276 Å². The lowest BCUT2D eigenvalue weighted by molar-refractivity contribution is -0.161. The van der Waals surface area contributed by atoms with Gasteiger partial charge in [0.1, 0.15) is 6.61 Å². The van der Waals surface area contributed by atoms with Crippen LogP contribution in [0.5, 0.6) is 0 Å². The maximum atomic E-state index is 12.5. The number of hydrogen-bond acceptors (Lipinski definition) is 8. The zero-order chi connectivity index (χ0) is 33.3. The summed E-state index contributed by atoms with van der Waals surface area (Å²) in [5.41, 5.74) is 5.32. The van der Waals surface area contributed by atoms with Crippen molar-refractivity contribution in [1.82, 2.24) is 0 Å². The van der Waals surface area contributed by atoms with E-state index in [1.807, 2.05) is 0 Å². The molecule has 0 radical (unpaired) electrons. The van der Waals surface area contributed by atoms with E-state index in [0.717, 1.165) is 32.1 Å². The predicted octanol–water partition coefficient (Wildman–Crippen LogP) is 9.72. The number of unbranched alkanes of at least 4 members (excludes halogenated alkanes) is 22. The molecule has 0 aromatic rings. The van der Waals surface area contributed by atoms with E-state index in [2.05, 4.69) is 13.8 Å². The van der Waals surface area contributed by atoms with E-state index in [1.165, 1.54) is 116 Å². The van der Waals surface area contributed by atoms with Gasteiger partial charge < -0.3 is 20.1 Å². The molecule has 45 heavy (non-hydrogen) atoms. The fourth-order valence-corrected chi connectivity index (χ4v) is 5.99. The van der Waals surface area contributed by atoms with E-state index in [4.69, 9.17) is 24.3 Å². The van der Waals surface area contributed by atoms with Crippen LogP contribution in [0.2, 0.25) is 0 Å². The molecule has 0 saturated carbocycles. The number of ether oxygens (including phenoxy) is 2. The highest BCUT2D eigenvalue weighted by Crippen LogP contribution is 2.43. The Balaban J connectivity index is 4.18. The van der Waals surface area contributed by atoms with Crippen LogP contribution in [0.4, 0.5) is 0 Å². The van der Waals surface area contributed by atoms with Crippen molar-refractivity contribution in [2.45, 2.75) is 187 Å². The molecule has 0 aromatic carbocycles. The van der Waals surface area contributed by atoms with Gasteiger partial charge in [0.2, 0.25) is 0 Å². The van der Waals surface area contributed by atoms with Gasteiger partial charge in [0.15, 0.2) is 6.10 Å². The number of rotatable bonds is 35. The molecule has 10 heteroatoms.